The zero-order valence-corrected chi connectivity index (χ0v) is 12.5. The van der Waals surface area contributed by atoms with Gasteiger partial charge >= 0.3 is 0 Å². The largest absolute Gasteiger partial charge is 0.389 e. The molecule has 3 aliphatic rings. The first-order valence-corrected chi connectivity index (χ1v) is 8.20. The van der Waals surface area contributed by atoms with E-state index < -0.39 is 0 Å². The predicted octanol–water partition coefficient (Wildman–Crippen LogP) is 3.26. The number of piperidine rings is 1. The second-order valence-corrected chi connectivity index (χ2v) is 7.16. The van der Waals surface area contributed by atoms with Gasteiger partial charge in [0.1, 0.15) is 0 Å². The average molecular weight is 271 g/mol. The van der Waals surface area contributed by atoms with Crippen LogP contribution in [0.4, 0.5) is 0 Å². The Balaban J connectivity index is 1.83. The second kappa shape index (κ2) is 4.32. The zero-order chi connectivity index (χ0) is 13.9. The fourth-order valence-electron chi connectivity index (χ4n) is 5.35. The number of hydrogen-bond donors (Lipinski definition) is 2. The molecule has 0 aromatic heterocycles. The number of hydrogen-bond acceptors (Lipinski definition) is 2. The molecule has 1 aromatic carbocycles. The Kier molecular flexibility index (Phi) is 2.77. The molecule has 1 saturated carbocycles. The highest BCUT2D eigenvalue weighted by Crippen LogP contribution is 2.63. The van der Waals surface area contributed by atoms with Crippen LogP contribution in [-0.4, -0.2) is 17.7 Å². The molecular formula is C18H25NO. The van der Waals surface area contributed by atoms with Gasteiger partial charge in [0.15, 0.2) is 0 Å². The van der Waals surface area contributed by atoms with E-state index >= 15 is 0 Å². The number of aliphatic hydroxyl groups excluding tert-OH is 1. The third-order valence-corrected chi connectivity index (χ3v) is 6.32. The lowest BCUT2D eigenvalue weighted by Gasteiger charge is -2.62. The van der Waals surface area contributed by atoms with E-state index in [1.165, 1.54) is 25.7 Å². The van der Waals surface area contributed by atoms with Gasteiger partial charge in [0.2, 0.25) is 0 Å². The normalized spacial score (nSPS) is 40.0. The lowest BCUT2D eigenvalue weighted by atomic mass is 9.44. The van der Waals surface area contributed by atoms with Gasteiger partial charge in [0, 0.05) is 23.9 Å². The topological polar surface area (TPSA) is 32.3 Å². The maximum absolute atomic E-state index is 9.89. The first-order valence-electron chi connectivity index (χ1n) is 8.20. The maximum atomic E-state index is 9.89. The molecular weight excluding hydrogens is 246 g/mol. The number of aliphatic hydroxyl groups is 1. The van der Waals surface area contributed by atoms with Crippen LogP contribution in [0.5, 0.6) is 0 Å². The summed E-state index contributed by atoms with van der Waals surface area (Å²) in [5.41, 5.74) is 4.62. The Morgan fingerprint density at radius 1 is 1.35 bits per heavy atom. The Morgan fingerprint density at radius 3 is 3.00 bits per heavy atom. The quantitative estimate of drug-likeness (QED) is 0.821. The van der Waals surface area contributed by atoms with Gasteiger partial charge in [0.25, 0.3) is 0 Å². The van der Waals surface area contributed by atoms with Crippen molar-refractivity contribution >= 4 is 0 Å². The van der Waals surface area contributed by atoms with Crippen molar-refractivity contribution in [2.24, 2.45) is 5.92 Å². The van der Waals surface area contributed by atoms with E-state index in [1.54, 1.807) is 11.1 Å². The number of fused-ring (bicyclic) bond motifs is 2. The monoisotopic (exact) mass is 271 g/mol. The molecule has 2 nitrogen and oxygen atoms in total. The molecule has 4 rings (SSSR count). The van der Waals surface area contributed by atoms with Gasteiger partial charge in [-0.1, -0.05) is 31.0 Å². The van der Waals surface area contributed by atoms with Crippen molar-refractivity contribution in [2.75, 3.05) is 6.54 Å². The van der Waals surface area contributed by atoms with E-state index in [-0.39, 0.29) is 6.10 Å². The van der Waals surface area contributed by atoms with Crippen LogP contribution >= 0.6 is 0 Å². The van der Waals surface area contributed by atoms with Crippen LogP contribution < -0.4 is 5.32 Å². The van der Waals surface area contributed by atoms with E-state index in [0.717, 1.165) is 18.0 Å². The van der Waals surface area contributed by atoms with Gasteiger partial charge < -0.3 is 10.4 Å². The van der Waals surface area contributed by atoms with Crippen LogP contribution in [0.2, 0.25) is 0 Å². The molecule has 1 aliphatic heterocycles. The number of rotatable bonds is 1. The molecule has 0 radical (unpaired) electrons. The Hall–Kier alpha value is -0.860. The number of benzene rings is 1. The Bertz CT molecular complexity index is 538. The fourth-order valence-corrected chi connectivity index (χ4v) is 5.35. The minimum atomic E-state index is -0.350. The first kappa shape index (κ1) is 12.8. The summed E-state index contributed by atoms with van der Waals surface area (Å²) in [6.45, 7) is 5.38. The van der Waals surface area contributed by atoms with Crippen LogP contribution in [0.15, 0.2) is 18.2 Å². The van der Waals surface area contributed by atoms with Crippen molar-refractivity contribution in [3.8, 4) is 0 Å². The molecule has 5 unspecified atom stereocenters. The summed E-state index contributed by atoms with van der Waals surface area (Å²) in [4.78, 5) is 0. The molecule has 2 fully saturated rings. The van der Waals surface area contributed by atoms with Gasteiger partial charge in [-0.25, -0.2) is 0 Å². The summed E-state index contributed by atoms with van der Waals surface area (Å²) in [5, 5.41) is 13.6. The molecule has 1 saturated heterocycles. The van der Waals surface area contributed by atoms with Crippen molar-refractivity contribution in [3.05, 3.63) is 34.9 Å². The van der Waals surface area contributed by atoms with Crippen molar-refractivity contribution in [1.82, 2.24) is 5.32 Å². The van der Waals surface area contributed by atoms with Crippen molar-refractivity contribution in [1.29, 1.82) is 0 Å². The summed E-state index contributed by atoms with van der Waals surface area (Å²) in [6.07, 6.45) is 5.12. The molecule has 1 aromatic rings. The smallest absolute Gasteiger partial charge is 0.0762 e. The van der Waals surface area contributed by atoms with Gasteiger partial charge in [0.05, 0.1) is 6.10 Å². The predicted molar refractivity (Wildman–Crippen MR) is 80.9 cm³/mol. The number of nitrogens with one attached hydrogen (secondary N) is 1. The first-order chi connectivity index (χ1) is 9.64. The third kappa shape index (κ3) is 1.47. The van der Waals surface area contributed by atoms with Crippen molar-refractivity contribution in [3.63, 3.8) is 0 Å². The molecule has 1 spiro atoms. The standard InChI is InChI=1S/C18H25NO/c1-11-15-5-3-4-8-18(15)16-9-13(12(2)20)6-7-14(16)17(18)10-19-11/h6-7,9,11-12,15,17,19-20H,3-5,8,10H2,1-2H3. The SMILES string of the molecule is CC(O)c1ccc2c(c1)C13CCCCC1C(C)NCC23. The molecule has 1 heterocycles. The summed E-state index contributed by atoms with van der Waals surface area (Å²) in [7, 11) is 0. The molecule has 0 amide bonds. The molecule has 2 heteroatoms. The van der Waals surface area contributed by atoms with Crippen molar-refractivity contribution < 1.29 is 5.11 Å². The fraction of sp³-hybridized carbons (Fsp3) is 0.667. The highest BCUT2D eigenvalue weighted by Gasteiger charge is 2.59. The lowest BCUT2D eigenvalue weighted by molar-refractivity contribution is 0.0511. The van der Waals surface area contributed by atoms with Crippen LogP contribution in [0.25, 0.3) is 0 Å². The lowest BCUT2D eigenvalue weighted by Crippen LogP contribution is -2.63. The summed E-state index contributed by atoms with van der Waals surface area (Å²) in [5.74, 6) is 1.49. The summed E-state index contributed by atoms with van der Waals surface area (Å²) >= 11 is 0. The summed E-state index contributed by atoms with van der Waals surface area (Å²) < 4.78 is 0. The highest BCUT2D eigenvalue weighted by atomic mass is 16.3. The minimum absolute atomic E-state index is 0.350. The molecule has 2 N–H and O–H groups in total. The van der Waals surface area contributed by atoms with Crippen LogP contribution in [0.3, 0.4) is 0 Å². The maximum Gasteiger partial charge on any atom is 0.0762 e. The van der Waals surface area contributed by atoms with E-state index in [2.05, 4.69) is 30.4 Å². The van der Waals surface area contributed by atoms with Crippen molar-refractivity contribution in [2.45, 2.75) is 63.0 Å². The van der Waals surface area contributed by atoms with Gasteiger partial charge in [-0.05, 0) is 49.3 Å². The Labute approximate surface area is 121 Å². The van der Waals surface area contributed by atoms with Gasteiger partial charge in [-0.15, -0.1) is 0 Å². The Morgan fingerprint density at radius 2 is 2.20 bits per heavy atom. The molecule has 0 bridgehead atoms. The second-order valence-electron chi connectivity index (χ2n) is 7.16. The third-order valence-electron chi connectivity index (χ3n) is 6.32. The summed E-state index contributed by atoms with van der Waals surface area (Å²) in [6, 6.07) is 7.34. The van der Waals surface area contributed by atoms with Crippen LogP contribution in [0, 0.1) is 5.92 Å². The van der Waals surface area contributed by atoms with Crippen LogP contribution in [-0.2, 0) is 5.41 Å². The highest BCUT2D eigenvalue weighted by molar-refractivity contribution is 5.54. The van der Waals surface area contributed by atoms with Gasteiger partial charge in [-0.3, -0.25) is 0 Å². The van der Waals surface area contributed by atoms with E-state index in [1.807, 2.05) is 6.92 Å². The van der Waals surface area contributed by atoms with Crippen LogP contribution in [0.1, 0.15) is 68.2 Å². The molecule has 2 aliphatic carbocycles. The van der Waals surface area contributed by atoms with E-state index in [9.17, 15) is 5.11 Å². The van der Waals surface area contributed by atoms with E-state index in [0.29, 0.717) is 17.4 Å². The molecule has 20 heavy (non-hydrogen) atoms. The molecule has 5 atom stereocenters. The minimum Gasteiger partial charge on any atom is -0.389 e. The van der Waals surface area contributed by atoms with Gasteiger partial charge in [-0.2, -0.15) is 0 Å². The average Bonchev–Trinajstić information content (AvgIpc) is 2.46. The van der Waals surface area contributed by atoms with E-state index in [4.69, 9.17) is 0 Å². The molecule has 108 valence electrons. The zero-order valence-electron chi connectivity index (χ0n) is 12.5.